The number of benzene rings is 1. The highest BCUT2D eigenvalue weighted by atomic mass is 16.3. The Morgan fingerprint density at radius 2 is 1.89 bits per heavy atom. The molecule has 8 nitrogen and oxygen atoms in total. The molecule has 2 aromatic rings. The average Bonchev–Trinajstić information content (AvgIpc) is 3.07. The van der Waals surface area contributed by atoms with Gasteiger partial charge in [0.15, 0.2) is 0 Å². The first kappa shape index (κ1) is 20.2. The van der Waals surface area contributed by atoms with E-state index in [4.69, 9.17) is 9.90 Å². The lowest BCUT2D eigenvalue weighted by molar-refractivity contribution is -0.155. The maximum absolute atomic E-state index is 12.6. The number of nitrogens with zero attached hydrogens (tertiary/aromatic N) is 4. The zero-order chi connectivity index (χ0) is 19.8. The summed E-state index contributed by atoms with van der Waals surface area (Å²) in [6.07, 6.45) is 2.46. The quantitative estimate of drug-likeness (QED) is 0.788. The Kier molecular flexibility index (Phi) is 7.10. The Balaban J connectivity index is 0.000000817. The van der Waals surface area contributed by atoms with E-state index in [1.165, 1.54) is 5.56 Å². The van der Waals surface area contributed by atoms with Gasteiger partial charge < -0.3 is 14.9 Å². The molecule has 8 heteroatoms. The third-order valence-corrected chi connectivity index (χ3v) is 4.55. The molecule has 1 aliphatic rings. The molecule has 27 heavy (non-hydrogen) atoms. The van der Waals surface area contributed by atoms with Gasteiger partial charge in [0, 0.05) is 19.8 Å². The lowest BCUT2D eigenvalue weighted by Crippen LogP contribution is -2.58. The highest BCUT2D eigenvalue weighted by molar-refractivity contribution is 5.94. The van der Waals surface area contributed by atoms with Crippen LogP contribution in [0.1, 0.15) is 18.2 Å². The lowest BCUT2D eigenvalue weighted by Gasteiger charge is -2.38. The van der Waals surface area contributed by atoms with Crippen LogP contribution in [-0.4, -0.2) is 62.1 Å². The van der Waals surface area contributed by atoms with Crippen LogP contribution in [0.3, 0.4) is 0 Å². The molecule has 144 valence electrons. The van der Waals surface area contributed by atoms with Gasteiger partial charge in [0.2, 0.25) is 11.8 Å². The molecule has 0 unspecified atom stereocenters. The zero-order valence-corrected chi connectivity index (χ0v) is 15.5. The molecule has 1 atom stereocenters. The van der Waals surface area contributed by atoms with Crippen molar-refractivity contribution in [1.82, 2.24) is 19.6 Å². The SMILES string of the molecule is C[C@H]1C(=O)N(CCc2ccccc2)CC(=O)N1Cc1ccnn1C.O=CO. The predicted octanol–water partition coefficient (Wildman–Crippen LogP) is 0.923. The van der Waals surface area contributed by atoms with Crippen LogP contribution in [0.2, 0.25) is 0 Å². The van der Waals surface area contributed by atoms with Crippen LogP contribution in [-0.2, 0) is 34.4 Å². The molecule has 0 saturated carbocycles. The fourth-order valence-corrected chi connectivity index (χ4v) is 3.00. The summed E-state index contributed by atoms with van der Waals surface area (Å²) in [4.78, 5) is 36.8. The van der Waals surface area contributed by atoms with Gasteiger partial charge in [0.25, 0.3) is 6.47 Å². The Morgan fingerprint density at radius 1 is 1.22 bits per heavy atom. The summed E-state index contributed by atoms with van der Waals surface area (Å²) in [6.45, 7) is 2.67. The van der Waals surface area contributed by atoms with Crippen LogP contribution in [0.5, 0.6) is 0 Å². The van der Waals surface area contributed by atoms with Gasteiger partial charge in [-0.2, -0.15) is 5.10 Å². The minimum Gasteiger partial charge on any atom is -0.483 e. The van der Waals surface area contributed by atoms with E-state index in [2.05, 4.69) is 5.10 Å². The summed E-state index contributed by atoms with van der Waals surface area (Å²) in [5.74, 6) is -0.0101. The first-order valence-corrected chi connectivity index (χ1v) is 8.64. The van der Waals surface area contributed by atoms with Crippen LogP contribution in [0.15, 0.2) is 42.6 Å². The van der Waals surface area contributed by atoms with E-state index in [1.807, 2.05) is 43.4 Å². The smallest absolute Gasteiger partial charge is 0.290 e. The van der Waals surface area contributed by atoms with E-state index < -0.39 is 6.04 Å². The molecule has 0 aliphatic carbocycles. The molecule has 0 radical (unpaired) electrons. The largest absolute Gasteiger partial charge is 0.483 e. The van der Waals surface area contributed by atoms with Crippen LogP contribution in [0.4, 0.5) is 0 Å². The van der Waals surface area contributed by atoms with Crippen LogP contribution in [0, 0.1) is 0 Å². The van der Waals surface area contributed by atoms with Gasteiger partial charge in [-0.15, -0.1) is 0 Å². The predicted molar refractivity (Wildman–Crippen MR) is 98.6 cm³/mol. The second-order valence-corrected chi connectivity index (χ2v) is 6.24. The zero-order valence-electron chi connectivity index (χ0n) is 15.5. The summed E-state index contributed by atoms with van der Waals surface area (Å²) in [5.41, 5.74) is 2.09. The normalized spacial score (nSPS) is 16.7. The first-order chi connectivity index (χ1) is 13.0. The molecule has 1 aromatic carbocycles. The maximum Gasteiger partial charge on any atom is 0.290 e. The highest BCUT2D eigenvalue weighted by Gasteiger charge is 2.36. The van der Waals surface area contributed by atoms with E-state index in [0.29, 0.717) is 13.1 Å². The Bertz CT molecular complexity index is 775. The van der Waals surface area contributed by atoms with Gasteiger partial charge in [0.05, 0.1) is 18.8 Å². The van der Waals surface area contributed by atoms with Gasteiger partial charge in [-0.3, -0.25) is 19.1 Å². The summed E-state index contributed by atoms with van der Waals surface area (Å²) >= 11 is 0. The number of hydrogen-bond acceptors (Lipinski definition) is 4. The molecule has 2 heterocycles. The van der Waals surface area contributed by atoms with E-state index in [1.54, 1.807) is 27.6 Å². The maximum atomic E-state index is 12.6. The summed E-state index contributed by atoms with van der Waals surface area (Å²) in [5, 5.41) is 11.0. The minimum atomic E-state index is -0.447. The van der Waals surface area contributed by atoms with Crippen molar-refractivity contribution in [3.05, 3.63) is 53.9 Å². The molecule has 1 saturated heterocycles. The number of rotatable bonds is 5. The Hall–Kier alpha value is -3.16. The summed E-state index contributed by atoms with van der Waals surface area (Å²) in [7, 11) is 1.84. The number of amides is 2. The van der Waals surface area contributed by atoms with Crippen molar-refractivity contribution >= 4 is 18.3 Å². The van der Waals surface area contributed by atoms with Crippen LogP contribution in [0.25, 0.3) is 0 Å². The number of carbonyl (C=O) groups is 3. The summed E-state index contributed by atoms with van der Waals surface area (Å²) < 4.78 is 1.73. The van der Waals surface area contributed by atoms with E-state index >= 15 is 0 Å². The van der Waals surface area contributed by atoms with Crippen molar-refractivity contribution in [3.63, 3.8) is 0 Å². The second kappa shape index (κ2) is 9.51. The number of aryl methyl sites for hydroxylation is 1. The highest BCUT2D eigenvalue weighted by Crippen LogP contribution is 2.16. The van der Waals surface area contributed by atoms with Gasteiger partial charge in [-0.05, 0) is 25.0 Å². The number of hydrogen-bond donors (Lipinski definition) is 1. The Labute approximate surface area is 158 Å². The van der Waals surface area contributed by atoms with Gasteiger partial charge in [0.1, 0.15) is 6.04 Å². The fourth-order valence-electron chi connectivity index (χ4n) is 3.00. The number of aromatic nitrogens is 2. The molecule has 1 aliphatic heterocycles. The number of carboxylic acid groups (broad SMARTS) is 1. The molecular formula is C19H24N4O4. The Morgan fingerprint density at radius 3 is 2.48 bits per heavy atom. The van der Waals surface area contributed by atoms with Crippen molar-refractivity contribution in [2.75, 3.05) is 13.1 Å². The third-order valence-electron chi connectivity index (χ3n) is 4.55. The topological polar surface area (TPSA) is 95.7 Å². The van der Waals surface area contributed by atoms with E-state index in [0.717, 1.165) is 12.1 Å². The van der Waals surface area contributed by atoms with Crippen molar-refractivity contribution in [2.24, 2.45) is 7.05 Å². The number of carbonyl (C=O) groups excluding carboxylic acids is 2. The molecular weight excluding hydrogens is 348 g/mol. The summed E-state index contributed by atoms with van der Waals surface area (Å²) in [6, 6.07) is 11.4. The number of piperazine rings is 1. The molecule has 1 fully saturated rings. The van der Waals surface area contributed by atoms with Crippen molar-refractivity contribution in [2.45, 2.75) is 25.9 Å². The standard InChI is InChI=1S/C18H22N4O2.CH2O2/c1-14-18(24)21(11-9-15-6-4-3-5-7-15)13-17(23)22(14)12-16-8-10-19-20(16)2;2-1-3/h3-8,10,14H,9,11-13H2,1-2H3;1H,(H,2,3)/t14-;/m0./s1. The monoisotopic (exact) mass is 372 g/mol. The third kappa shape index (κ3) is 5.16. The van der Waals surface area contributed by atoms with Crippen LogP contribution < -0.4 is 0 Å². The van der Waals surface area contributed by atoms with E-state index in [-0.39, 0.29) is 24.8 Å². The lowest BCUT2D eigenvalue weighted by atomic mass is 10.1. The fraction of sp³-hybridized carbons (Fsp3) is 0.368. The van der Waals surface area contributed by atoms with Gasteiger partial charge in [-0.1, -0.05) is 30.3 Å². The van der Waals surface area contributed by atoms with Gasteiger partial charge in [-0.25, -0.2) is 0 Å². The molecule has 0 spiro atoms. The van der Waals surface area contributed by atoms with E-state index in [9.17, 15) is 9.59 Å². The average molecular weight is 372 g/mol. The van der Waals surface area contributed by atoms with Gasteiger partial charge >= 0.3 is 0 Å². The molecule has 3 rings (SSSR count). The van der Waals surface area contributed by atoms with Crippen molar-refractivity contribution in [3.8, 4) is 0 Å². The van der Waals surface area contributed by atoms with Crippen LogP contribution >= 0.6 is 0 Å². The molecule has 2 amide bonds. The minimum absolute atomic E-state index is 0.00713. The molecule has 1 aromatic heterocycles. The van der Waals surface area contributed by atoms with Crippen molar-refractivity contribution in [1.29, 1.82) is 0 Å². The molecule has 0 bridgehead atoms. The van der Waals surface area contributed by atoms with Crippen molar-refractivity contribution < 1.29 is 19.5 Å². The second-order valence-electron chi connectivity index (χ2n) is 6.24. The molecule has 1 N–H and O–H groups in total. The first-order valence-electron chi connectivity index (χ1n) is 8.64.